The second-order valence-corrected chi connectivity index (χ2v) is 8.40. The number of amides is 2. The third kappa shape index (κ3) is 4.87. The predicted molar refractivity (Wildman–Crippen MR) is 107 cm³/mol. The van der Waals surface area contributed by atoms with E-state index in [-0.39, 0.29) is 24.8 Å². The maximum atomic E-state index is 14.1. The van der Waals surface area contributed by atoms with Crippen LogP contribution >= 0.6 is 22.9 Å². The molecule has 1 aromatic heterocycles. The van der Waals surface area contributed by atoms with E-state index in [1.807, 2.05) is 13.8 Å². The summed E-state index contributed by atoms with van der Waals surface area (Å²) in [7, 11) is 0. The van der Waals surface area contributed by atoms with Crippen molar-refractivity contribution in [3.63, 3.8) is 0 Å². The Morgan fingerprint density at radius 1 is 1.46 bits per heavy atom. The van der Waals surface area contributed by atoms with Gasteiger partial charge in [-0.2, -0.15) is 0 Å². The minimum absolute atomic E-state index is 0.0127. The summed E-state index contributed by atoms with van der Waals surface area (Å²) in [5.74, 6) is -0.914. The Labute approximate surface area is 172 Å². The Bertz CT molecular complexity index is 849. The van der Waals surface area contributed by atoms with Crippen LogP contribution in [-0.4, -0.2) is 40.8 Å². The minimum atomic E-state index is -0.677. The van der Waals surface area contributed by atoms with Crippen LogP contribution < -0.4 is 10.6 Å². The predicted octanol–water partition coefficient (Wildman–Crippen LogP) is 2.56. The number of nitrogens with one attached hydrogen (secondary N) is 2. The van der Waals surface area contributed by atoms with Crippen LogP contribution in [0, 0.1) is 19.7 Å². The van der Waals surface area contributed by atoms with E-state index in [1.54, 1.807) is 11.0 Å². The SMILES string of the molecule is Cc1nc(CNC(=O)CC2C(=O)NCCN2Cc2c(F)cccc2Cl)sc1C. The Morgan fingerprint density at radius 3 is 2.93 bits per heavy atom. The number of hydrogen-bond acceptors (Lipinski definition) is 5. The smallest absolute Gasteiger partial charge is 0.237 e. The highest BCUT2D eigenvalue weighted by molar-refractivity contribution is 7.11. The monoisotopic (exact) mass is 424 g/mol. The van der Waals surface area contributed by atoms with Crippen LogP contribution in [-0.2, 0) is 22.7 Å². The van der Waals surface area contributed by atoms with Gasteiger partial charge in [0.2, 0.25) is 11.8 Å². The van der Waals surface area contributed by atoms with E-state index in [0.29, 0.717) is 30.2 Å². The van der Waals surface area contributed by atoms with Gasteiger partial charge in [0.15, 0.2) is 0 Å². The number of halogens is 2. The first-order valence-electron chi connectivity index (χ1n) is 8.99. The zero-order valence-electron chi connectivity index (χ0n) is 15.7. The number of aromatic nitrogens is 1. The Morgan fingerprint density at radius 2 is 2.25 bits per heavy atom. The number of rotatable bonds is 6. The number of nitrogens with zero attached hydrogens (tertiary/aromatic N) is 2. The van der Waals surface area contributed by atoms with Crippen LogP contribution in [0.4, 0.5) is 4.39 Å². The summed E-state index contributed by atoms with van der Waals surface area (Å²) in [6.07, 6.45) is -0.0127. The molecule has 2 amide bonds. The number of carbonyl (C=O) groups is 2. The van der Waals surface area contributed by atoms with E-state index in [2.05, 4.69) is 15.6 Å². The molecule has 2 aromatic rings. The van der Waals surface area contributed by atoms with E-state index < -0.39 is 11.9 Å². The molecule has 1 unspecified atom stereocenters. The lowest BCUT2D eigenvalue weighted by atomic mass is 10.1. The molecule has 0 bridgehead atoms. The van der Waals surface area contributed by atoms with Gasteiger partial charge in [-0.15, -0.1) is 11.3 Å². The van der Waals surface area contributed by atoms with Crippen molar-refractivity contribution in [3.05, 3.63) is 50.2 Å². The van der Waals surface area contributed by atoms with Crippen LogP contribution in [0.3, 0.4) is 0 Å². The van der Waals surface area contributed by atoms with Crippen molar-refractivity contribution in [1.82, 2.24) is 20.5 Å². The zero-order chi connectivity index (χ0) is 20.3. The molecule has 1 saturated heterocycles. The zero-order valence-corrected chi connectivity index (χ0v) is 17.3. The molecule has 0 spiro atoms. The van der Waals surface area contributed by atoms with Crippen molar-refractivity contribution in [1.29, 1.82) is 0 Å². The lowest BCUT2D eigenvalue weighted by molar-refractivity contribution is -0.134. The lowest BCUT2D eigenvalue weighted by Gasteiger charge is -2.34. The third-order valence-electron chi connectivity index (χ3n) is 4.75. The van der Waals surface area contributed by atoms with Gasteiger partial charge in [-0.05, 0) is 26.0 Å². The molecule has 6 nitrogen and oxygen atoms in total. The van der Waals surface area contributed by atoms with Crippen LogP contribution in [0.5, 0.6) is 0 Å². The van der Waals surface area contributed by atoms with Gasteiger partial charge in [0.05, 0.1) is 24.7 Å². The van der Waals surface area contributed by atoms with Gasteiger partial charge >= 0.3 is 0 Å². The average Bonchev–Trinajstić information content (AvgIpc) is 2.97. The first-order valence-corrected chi connectivity index (χ1v) is 10.2. The standard InChI is InChI=1S/C19H22ClFN4O2S/c1-11-12(2)28-18(24-11)9-23-17(26)8-16-19(27)22-6-7-25(16)10-13-14(20)4-3-5-15(13)21/h3-5,16H,6-10H2,1-2H3,(H,22,27)(H,23,26). The topological polar surface area (TPSA) is 74.3 Å². The fraction of sp³-hybridized carbons (Fsp3) is 0.421. The van der Waals surface area contributed by atoms with Crippen molar-refractivity contribution in [2.45, 2.75) is 39.4 Å². The first-order chi connectivity index (χ1) is 13.3. The average molecular weight is 425 g/mol. The molecule has 0 saturated carbocycles. The third-order valence-corrected chi connectivity index (χ3v) is 6.18. The number of benzene rings is 1. The summed E-state index contributed by atoms with van der Waals surface area (Å²) in [5, 5.41) is 6.72. The Balaban J connectivity index is 1.65. The molecule has 9 heteroatoms. The molecule has 0 radical (unpaired) electrons. The van der Waals surface area contributed by atoms with Crippen LogP contribution in [0.2, 0.25) is 5.02 Å². The van der Waals surface area contributed by atoms with Crippen molar-refractivity contribution in [2.24, 2.45) is 0 Å². The minimum Gasteiger partial charge on any atom is -0.353 e. The second-order valence-electron chi connectivity index (χ2n) is 6.71. The molecule has 0 aliphatic carbocycles. The first kappa shape index (κ1) is 20.7. The van der Waals surface area contributed by atoms with Gasteiger partial charge in [-0.3, -0.25) is 14.5 Å². The lowest BCUT2D eigenvalue weighted by Crippen LogP contribution is -2.56. The number of piperazine rings is 1. The van der Waals surface area contributed by atoms with Crippen molar-refractivity contribution < 1.29 is 14.0 Å². The molecule has 28 heavy (non-hydrogen) atoms. The quantitative estimate of drug-likeness (QED) is 0.747. The molecular weight excluding hydrogens is 403 g/mol. The number of aryl methyl sites for hydroxylation is 2. The molecule has 1 aliphatic heterocycles. The molecule has 1 aliphatic rings. The van der Waals surface area contributed by atoms with E-state index in [1.165, 1.54) is 23.5 Å². The highest BCUT2D eigenvalue weighted by atomic mass is 35.5. The van der Waals surface area contributed by atoms with E-state index >= 15 is 0 Å². The maximum Gasteiger partial charge on any atom is 0.237 e. The van der Waals surface area contributed by atoms with Crippen LogP contribution in [0.25, 0.3) is 0 Å². The van der Waals surface area contributed by atoms with Gasteiger partial charge in [0.1, 0.15) is 10.8 Å². The van der Waals surface area contributed by atoms with Crippen molar-refractivity contribution in [3.8, 4) is 0 Å². The highest BCUT2D eigenvalue weighted by Crippen LogP contribution is 2.23. The summed E-state index contributed by atoms with van der Waals surface area (Å²) in [4.78, 5) is 32.1. The molecule has 2 N–H and O–H groups in total. The van der Waals surface area contributed by atoms with Gasteiger partial charge in [-0.25, -0.2) is 9.37 Å². The summed E-state index contributed by atoms with van der Waals surface area (Å²) in [5.41, 5.74) is 1.28. The summed E-state index contributed by atoms with van der Waals surface area (Å²) in [6, 6.07) is 3.82. The number of carbonyl (C=O) groups excluding carboxylic acids is 2. The van der Waals surface area contributed by atoms with Gasteiger partial charge < -0.3 is 10.6 Å². The van der Waals surface area contributed by atoms with Crippen molar-refractivity contribution in [2.75, 3.05) is 13.1 Å². The maximum absolute atomic E-state index is 14.1. The Kier molecular flexibility index (Phi) is 6.64. The normalized spacial score (nSPS) is 17.4. The molecule has 1 aromatic carbocycles. The van der Waals surface area contributed by atoms with E-state index in [4.69, 9.17) is 11.6 Å². The molecular formula is C19H22ClFN4O2S. The van der Waals surface area contributed by atoms with Gasteiger partial charge in [-0.1, -0.05) is 17.7 Å². The van der Waals surface area contributed by atoms with Gasteiger partial charge in [0.25, 0.3) is 0 Å². The summed E-state index contributed by atoms with van der Waals surface area (Å²) in [6.45, 7) is 5.36. The van der Waals surface area contributed by atoms with Crippen LogP contribution in [0.15, 0.2) is 18.2 Å². The second kappa shape index (κ2) is 8.98. The number of hydrogen-bond donors (Lipinski definition) is 2. The molecule has 3 rings (SSSR count). The fourth-order valence-electron chi connectivity index (χ4n) is 3.10. The van der Waals surface area contributed by atoms with Crippen LogP contribution in [0.1, 0.15) is 27.6 Å². The van der Waals surface area contributed by atoms with E-state index in [9.17, 15) is 14.0 Å². The fourth-order valence-corrected chi connectivity index (χ4v) is 4.19. The molecule has 150 valence electrons. The molecule has 1 fully saturated rings. The van der Waals surface area contributed by atoms with Crippen molar-refractivity contribution >= 4 is 34.8 Å². The summed E-state index contributed by atoms with van der Waals surface area (Å²) >= 11 is 7.66. The Hall–Kier alpha value is -2.03. The molecule has 2 heterocycles. The summed E-state index contributed by atoms with van der Waals surface area (Å²) < 4.78 is 14.1. The van der Waals surface area contributed by atoms with E-state index in [0.717, 1.165) is 15.6 Å². The molecule has 1 atom stereocenters. The van der Waals surface area contributed by atoms with Gasteiger partial charge in [0, 0.05) is 35.1 Å². The highest BCUT2D eigenvalue weighted by Gasteiger charge is 2.32. The largest absolute Gasteiger partial charge is 0.353 e. The number of thiazole rings is 1.